The van der Waals surface area contributed by atoms with Gasteiger partial charge in [-0.15, -0.1) is 0 Å². The lowest BCUT2D eigenvalue weighted by Gasteiger charge is -2.08. The van der Waals surface area contributed by atoms with Gasteiger partial charge in [-0.2, -0.15) is 0 Å². The first-order valence-corrected chi connectivity index (χ1v) is 9.09. The van der Waals surface area contributed by atoms with E-state index >= 15 is 0 Å². The topological polar surface area (TPSA) is 67.4 Å². The molecule has 0 fully saturated rings. The predicted molar refractivity (Wildman–Crippen MR) is 87.4 cm³/mol. The summed E-state index contributed by atoms with van der Waals surface area (Å²) >= 11 is 0. The zero-order chi connectivity index (χ0) is 17.6. The molecule has 0 unspecified atom stereocenters. The number of ether oxygens (including phenoxy) is 1. The first-order valence-electron chi connectivity index (χ1n) is 7.20. The zero-order valence-corrected chi connectivity index (χ0v) is 13.9. The SMILES string of the molecule is CS(=O)(=O)NCCNCc1ccc(Oc2cc(F)cc(F)c2)cc1. The van der Waals surface area contributed by atoms with Crippen molar-refractivity contribution in [2.75, 3.05) is 19.3 Å². The molecule has 0 aliphatic heterocycles. The molecule has 2 rings (SSSR count). The largest absolute Gasteiger partial charge is 0.457 e. The third kappa shape index (κ3) is 6.61. The van der Waals surface area contributed by atoms with E-state index in [4.69, 9.17) is 4.74 Å². The predicted octanol–water partition coefficient (Wildman–Crippen LogP) is 2.40. The van der Waals surface area contributed by atoms with Crippen molar-refractivity contribution in [1.82, 2.24) is 10.0 Å². The molecule has 2 N–H and O–H groups in total. The van der Waals surface area contributed by atoms with Crippen LogP contribution < -0.4 is 14.8 Å². The van der Waals surface area contributed by atoms with E-state index in [-0.39, 0.29) is 5.75 Å². The maximum Gasteiger partial charge on any atom is 0.208 e. The molecular formula is C16H18F2N2O3S. The highest BCUT2D eigenvalue weighted by Crippen LogP contribution is 2.23. The van der Waals surface area contributed by atoms with Gasteiger partial charge < -0.3 is 10.1 Å². The molecule has 0 spiro atoms. The summed E-state index contributed by atoms with van der Waals surface area (Å²) in [5.74, 6) is -0.852. The Labute approximate surface area is 139 Å². The molecular weight excluding hydrogens is 338 g/mol. The van der Waals surface area contributed by atoms with Gasteiger partial charge in [0.2, 0.25) is 10.0 Å². The molecule has 0 bridgehead atoms. The number of benzene rings is 2. The minimum absolute atomic E-state index is 0.0882. The van der Waals surface area contributed by atoms with E-state index in [9.17, 15) is 17.2 Å². The van der Waals surface area contributed by atoms with Crippen LogP contribution in [0.4, 0.5) is 8.78 Å². The van der Waals surface area contributed by atoms with Gasteiger partial charge in [-0.3, -0.25) is 0 Å². The molecule has 8 heteroatoms. The van der Waals surface area contributed by atoms with Crippen molar-refractivity contribution in [3.05, 3.63) is 59.7 Å². The van der Waals surface area contributed by atoms with Crippen molar-refractivity contribution in [2.45, 2.75) is 6.54 Å². The Balaban J connectivity index is 1.82. The minimum atomic E-state index is -3.17. The third-order valence-corrected chi connectivity index (χ3v) is 3.72. The molecule has 0 amide bonds. The summed E-state index contributed by atoms with van der Waals surface area (Å²) < 4.78 is 55.8. The second-order valence-electron chi connectivity index (χ2n) is 5.19. The lowest BCUT2D eigenvalue weighted by Crippen LogP contribution is -2.30. The summed E-state index contributed by atoms with van der Waals surface area (Å²) in [5.41, 5.74) is 0.965. The Hall–Kier alpha value is -2.03. The van der Waals surface area contributed by atoms with Gasteiger partial charge >= 0.3 is 0 Å². The summed E-state index contributed by atoms with van der Waals surface area (Å²) in [6, 6.07) is 9.98. The van der Waals surface area contributed by atoms with Crippen LogP contribution in [0, 0.1) is 11.6 Å². The molecule has 2 aromatic carbocycles. The Kier molecular flexibility index (Phi) is 6.24. The van der Waals surface area contributed by atoms with E-state index in [1.165, 1.54) is 0 Å². The number of rotatable bonds is 8. The summed E-state index contributed by atoms with van der Waals surface area (Å²) in [5, 5.41) is 3.09. The second-order valence-corrected chi connectivity index (χ2v) is 7.03. The van der Waals surface area contributed by atoms with Crippen molar-refractivity contribution in [1.29, 1.82) is 0 Å². The van der Waals surface area contributed by atoms with Crippen molar-refractivity contribution < 1.29 is 21.9 Å². The Bertz CT molecular complexity index is 760. The number of halogens is 2. The van der Waals surface area contributed by atoms with E-state index < -0.39 is 21.7 Å². The van der Waals surface area contributed by atoms with Crippen LogP contribution in [-0.2, 0) is 16.6 Å². The number of hydrogen-bond donors (Lipinski definition) is 2. The van der Waals surface area contributed by atoms with E-state index in [1.54, 1.807) is 12.1 Å². The van der Waals surface area contributed by atoms with Crippen LogP contribution in [-0.4, -0.2) is 27.8 Å². The van der Waals surface area contributed by atoms with E-state index in [2.05, 4.69) is 10.0 Å². The van der Waals surface area contributed by atoms with Gasteiger partial charge in [0.15, 0.2) is 0 Å². The molecule has 0 saturated heterocycles. The van der Waals surface area contributed by atoms with Crippen LogP contribution in [0.1, 0.15) is 5.56 Å². The highest BCUT2D eigenvalue weighted by atomic mass is 32.2. The Morgan fingerprint density at radius 2 is 1.58 bits per heavy atom. The van der Waals surface area contributed by atoms with Crippen LogP contribution >= 0.6 is 0 Å². The summed E-state index contributed by atoms with van der Waals surface area (Å²) in [6.07, 6.45) is 1.11. The maximum atomic E-state index is 13.1. The van der Waals surface area contributed by atoms with Crippen LogP contribution in [0.5, 0.6) is 11.5 Å². The van der Waals surface area contributed by atoms with E-state index in [1.807, 2.05) is 12.1 Å². The number of sulfonamides is 1. The Morgan fingerprint density at radius 1 is 0.958 bits per heavy atom. The molecule has 0 heterocycles. The fourth-order valence-electron chi connectivity index (χ4n) is 1.96. The minimum Gasteiger partial charge on any atom is -0.457 e. The van der Waals surface area contributed by atoms with Crippen molar-refractivity contribution in [2.24, 2.45) is 0 Å². The molecule has 0 saturated carbocycles. The van der Waals surface area contributed by atoms with Crippen LogP contribution in [0.2, 0.25) is 0 Å². The van der Waals surface area contributed by atoms with Gasteiger partial charge in [0, 0.05) is 37.8 Å². The Morgan fingerprint density at radius 3 is 2.17 bits per heavy atom. The van der Waals surface area contributed by atoms with Crippen LogP contribution in [0.15, 0.2) is 42.5 Å². The number of nitrogens with one attached hydrogen (secondary N) is 2. The summed E-state index contributed by atoms with van der Waals surface area (Å²) in [6.45, 7) is 1.36. The maximum absolute atomic E-state index is 13.1. The van der Waals surface area contributed by atoms with Gasteiger partial charge in [0.25, 0.3) is 0 Å². The zero-order valence-electron chi connectivity index (χ0n) is 13.1. The standard InChI is InChI=1S/C16H18F2N2O3S/c1-24(21,22)20-7-6-19-11-12-2-4-15(5-3-12)23-16-9-13(17)8-14(18)10-16/h2-5,8-10,19-20H,6-7,11H2,1H3. The van der Waals surface area contributed by atoms with Crippen LogP contribution in [0.3, 0.4) is 0 Å². The third-order valence-electron chi connectivity index (χ3n) is 2.99. The fourth-order valence-corrected chi connectivity index (χ4v) is 2.43. The normalized spacial score (nSPS) is 11.5. The van der Waals surface area contributed by atoms with Gasteiger partial charge in [-0.1, -0.05) is 12.1 Å². The molecule has 24 heavy (non-hydrogen) atoms. The van der Waals surface area contributed by atoms with Gasteiger partial charge in [-0.05, 0) is 17.7 Å². The monoisotopic (exact) mass is 356 g/mol. The van der Waals surface area contributed by atoms with Crippen molar-refractivity contribution in [3.8, 4) is 11.5 Å². The van der Waals surface area contributed by atoms with Gasteiger partial charge in [0.05, 0.1) is 6.26 Å². The summed E-state index contributed by atoms with van der Waals surface area (Å²) in [4.78, 5) is 0. The lowest BCUT2D eigenvalue weighted by molar-refractivity contribution is 0.468. The lowest BCUT2D eigenvalue weighted by atomic mass is 10.2. The van der Waals surface area contributed by atoms with Crippen molar-refractivity contribution >= 4 is 10.0 Å². The number of hydrogen-bond acceptors (Lipinski definition) is 4. The van der Waals surface area contributed by atoms with Crippen LogP contribution in [0.25, 0.3) is 0 Å². The van der Waals surface area contributed by atoms with Gasteiger partial charge in [-0.25, -0.2) is 21.9 Å². The average molecular weight is 356 g/mol. The molecule has 130 valence electrons. The second kappa shape index (κ2) is 8.18. The highest BCUT2D eigenvalue weighted by molar-refractivity contribution is 7.88. The first kappa shape index (κ1) is 18.3. The average Bonchev–Trinajstić information content (AvgIpc) is 2.46. The molecule has 5 nitrogen and oxygen atoms in total. The summed E-state index contributed by atoms with van der Waals surface area (Å²) in [7, 11) is -3.17. The highest BCUT2D eigenvalue weighted by Gasteiger charge is 2.03. The molecule has 0 aliphatic rings. The molecule has 2 aromatic rings. The van der Waals surface area contributed by atoms with E-state index in [0.717, 1.165) is 30.0 Å². The van der Waals surface area contributed by atoms with E-state index in [0.29, 0.717) is 25.4 Å². The quantitative estimate of drug-likeness (QED) is 0.713. The molecule has 0 aromatic heterocycles. The molecule has 0 aliphatic carbocycles. The van der Waals surface area contributed by atoms with Gasteiger partial charge in [0.1, 0.15) is 23.1 Å². The first-order chi connectivity index (χ1) is 11.3. The fraction of sp³-hybridized carbons (Fsp3) is 0.250. The molecule has 0 radical (unpaired) electrons. The smallest absolute Gasteiger partial charge is 0.208 e. The molecule has 0 atom stereocenters. The van der Waals surface area contributed by atoms with Crippen molar-refractivity contribution in [3.63, 3.8) is 0 Å².